The molecule has 4 rings (SSSR count). The minimum absolute atomic E-state index is 0.462. The van der Waals surface area contributed by atoms with E-state index in [9.17, 15) is 0 Å². The van der Waals surface area contributed by atoms with Gasteiger partial charge in [-0.2, -0.15) is 9.61 Å². The summed E-state index contributed by atoms with van der Waals surface area (Å²) in [6, 6.07) is 8.21. The molecule has 1 saturated heterocycles. The van der Waals surface area contributed by atoms with E-state index in [4.69, 9.17) is 5.10 Å². The highest BCUT2D eigenvalue weighted by molar-refractivity contribution is 9.10. The fourth-order valence-electron chi connectivity index (χ4n) is 2.89. The molecule has 2 aromatic heterocycles. The maximum atomic E-state index is 4.75. The van der Waals surface area contributed by atoms with Gasteiger partial charge in [0, 0.05) is 16.0 Å². The maximum absolute atomic E-state index is 4.75. The second kappa shape index (κ2) is 5.72. The van der Waals surface area contributed by atoms with Crippen molar-refractivity contribution in [2.45, 2.75) is 18.8 Å². The molecule has 1 aromatic carbocycles. The molecule has 0 unspecified atom stereocenters. The number of nitrogens with zero attached hydrogens (tertiary/aromatic N) is 5. The zero-order valence-corrected chi connectivity index (χ0v) is 14.6. The average molecular weight is 378 g/mol. The zero-order chi connectivity index (χ0) is 15.1. The number of fused-ring (bicyclic) bond motifs is 1. The van der Waals surface area contributed by atoms with Gasteiger partial charge in [-0.05, 0) is 45.1 Å². The van der Waals surface area contributed by atoms with Crippen LogP contribution in [0, 0.1) is 0 Å². The fraction of sp³-hybridized carbons (Fsp3) is 0.400. The van der Waals surface area contributed by atoms with E-state index in [1.807, 2.05) is 16.6 Å². The molecular weight excluding hydrogens is 362 g/mol. The average Bonchev–Trinajstić information content (AvgIpc) is 3.08. The van der Waals surface area contributed by atoms with Gasteiger partial charge >= 0.3 is 0 Å². The molecule has 7 heteroatoms. The van der Waals surface area contributed by atoms with Crippen molar-refractivity contribution < 1.29 is 0 Å². The monoisotopic (exact) mass is 377 g/mol. The molecule has 3 heterocycles. The van der Waals surface area contributed by atoms with Crippen molar-refractivity contribution in [1.29, 1.82) is 0 Å². The van der Waals surface area contributed by atoms with Crippen molar-refractivity contribution >= 4 is 32.2 Å². The highest BCUT2D eigenvalue weighted by Crippen LogP contribution is 2.31. The number of hydrogen-bond acceptors (Lipinski definition) is 5. The number of aromatic nitrogens is 4. The summed E-state index contributed by atoms with van der Waals surface area (Å²) in [5.74, 6) is 1.48. The van der Waals surface area contributed by atoms with Gasteiger partial charge in [-0.1, -0.05) is 39.4 Å². The Morgan fingerprint density at radius 3 is 2.82 bits per heavy atom. The Kier molecular flexibility index (Phi) is 3.71. The molecule has 3 aromatic rings. The number of hydrogen-bond donors (Lipinski definition) is 0. The summed E-state index contributed by atoms with van der Waals surface area (Å²) < 4.78 is 3.00. The van der Waals surface area contributed by atoms with Crippen molar-refractivity contribution in [3.8, 4) is 10.6 Å². The third-order valence-electron chi connectivity index (χ3n) is 4.17. The van der Waals surface area contributed by atoms with Crippen molar-refractivity contribution in [2.75, 3.05) is 20.1 Å². The van der Waals surface area contributed by atoms with Crippen molar-refractivity contribution in [2.24, 2.45) is 0 Å². The molecule has 1 fully saturated rings. The predicted molar refractivity (Wildman–Crippen MR) is 91.3 cm³/mol. The van der Waals surface area contributed by atoms with Crippen LogP contribution in [0.4, 0.5) is 0 Å². The van der Waals surface area contributed by atoms with Crippen molar-refractivity contribution in [1.82, 2.24) is 24.7 Å². The molecule has 0 bridgehead atoms. The lowest BCUT2D eigenvalue weighted by Crippen LogP contribution is -2.30. The standard InChI is InChI=1S/C15H16BrN5S/c1-20-7-5-10(6-8-20)13-17-18-15-21(13)19-14(22-15)11-3-2-4-12(16)9-11/h2-4,9-10H,5-8H2,1H3. The van der Waals surface area contributed by atoms with Crippen LogP contribution < -0.4 is 0 Å². The molecular formula is C15H16BrN5S. The Balaban J connectivity index is 1.70. The molecule has 22 heavy (non-hydrogen) atoms. The first kappa shape index (κ1) is 14.3. The summed E-state index contributed by atoms with van der Waals surface area (Å²) in [7, 11) is 2.17. The Bertz CT molecular complexity index is 803. The Morgan fingerprint density at radius 1 is 1.23 bits per heavy atom. The first-order chi connectivity index (χ1) is 10.7. The highest BCUT2D eigenvalue weighted by atomic mass is 79.9. The molecule has 1 aliphatic heterocycles. The largest absolute Gasteiger partial charge is 0.306 e. The lowest BCUT2D eigenvalue weighted by molar-refractivity contribution is 0.250. The molecule has 0 saturated carbocycles. The summed E-state index contributed by atoms with van der Waals surface area (Å²) in [5.41, 5.74) is 1.11. The molecule has 1 aliphatic rings. The number of likely N-dealkylation sites (tertiary alicyclic amines) is 1. The third-order valence-corrected chi connectivity index (χ3v) is 5.61. The van der Waals surface area contributed by atoms with Crippen LogP contribution in [0.1, 0.15) is 24.6 Å². The molecule has 0 N–H and O–H groups in total. The van der Waals surface area contributed by atoms with Crippen LogP contribution in [0.2, 0.25) is 0 Å². The minimum atomic E-state index is 0.462. The molecule has 0 spiro atoms. The lowest BCUT2D eigenvalue weighted by Gasteiger charge is -2.27. The third kappa shape index (κ3) is 2.57. The van der Waals surface area contributed by atoms with Gasteiger partial charge in [-0.3, -0.25) is 0 Å². The van der Waals surface area contributed by atoms with Gasteiger partial charge in [0.15, 0.2) is 5.82 Å². The number of rotatable bonds is 2. The number of benzene rings is 1. The number of piperidine rings is 1. The van der Waals surface area contributed by atoms with Gasteiger partial charge in [0.2, 0.25) is 4.96 Å². The Labute approximate surface area is 141 Å². The van der Waals surface area contributed by atoms with E-state index in [1.165, 1.54) is 0 Å². The predicted octanol–water partition coefficient (Wildman–Crippen LogP) is 3.42. The van der Waals surface area contributed by atoms with Gasteiger partial charge < -0.3 is 4.90 Å². The SMILES string of the molecule is CN1CCC(c2nnc3sc(-c4cccc(Br)c4)nn23)CC1. The van der Waals surface area contributed by atoms with Crippen LogP contribution in [-0.2, 0) is 0 Å². The molecule has 5 nitrogen and oxygen atoms in total. The summed E-state index contributed by atoms with van der Waals surface area (Å²) in [6.07, 6.45) is 2.25. The summed E-state index contributed by atoms with van der Waals surface area (Å²) in [6.45, 7) is 2.23. The highest BCUT2D eigenvalue weighted by Gasteiger charge is 2.24. The van der Waals surface area contributed by atoms with Gasteiger partial charge in [-0.15, -0.1) is 10.2 Å². The quantitative estimate of drug-likeness (QED) is 0.686. The summed E-state index contributed by atoms with van der Waals surface area (Å²) >= 11 is 5.11. The van der Waals surface area contributed by atoms with Gasteiger partial charge in [0.25, 0.3) is 0 Å². The maximum Gasteiger partial charge on any atom is 0.234 e. The van der Waals surface area contributed by atoms with Crippen LogP contribution in [0.25, 0.3) is 15.5 Å². The molecule has 0 amide bonds. The zero-order valence-electron chi connectivity index (χ0n) is 12.2. The lowest BCUT2D eigenvalue weighted by atomic mass is 9.96. The summed E-state index contributed by atoms with van der Waals surface area (Å²) in [5, 5.41) is 14.5. The number of halogens is 1. The smallest absolute Gasteiger partial charge is 0.234 e. The van der Waals surface area contributed by atoms with Gasteiger partial charge in [-0.25, -0.2) is 0 Å². The van der Waals surface area contributed by atoms with E-state index < -0.39 is 0 Å². The Morgan fingerprint density at radius 2 is 2.05 bits per heavy atom. The first-order valence-corrected chi connectivity index (χ1v) is 8.98. The normalized spacial score (nSPS) is 17.4. The second-order valence-corrected chi connectivity index (χ2v) is 7.62. The van der Waals surface area contributed by atoms with Crippen LogP contribution in [0.5, 0.6) is 0 Å². The van der Waals surface area contributed by atoms with Crippen molar-refractivity contribution in [3.05, 3.63) is 34.6 Å². The van der Waals surface area contributed by atoms with Crippen LogP contribution in [0.15, 0.2) is 28.7 Å². The van der Waals surface area contributed by atoms with Gasteiger partial charge in [0.1, 0.15) is 5.01 Å². The fourth-order valence-corrected chi connectivity index (χ4v) is 4.13. The molecule has 0 radical (unpaired) electrons. The van der Waals surface area contributed by atoms with E-state index in [0.717, 1.165) is 51.8 Å². The van der Waals surface area contributed by atoms with Crippen molar-refractivity contribution in [3.63, 3.8) is 0 Å². The van der Waals surface area contributed by atoms with Gasteiger partial charge in [0.05, 0.1) is 0 Å². The van der Waals surface area contributed by atoms with Crippen LogP contribution in [-0.4, -0.2) is 44.8 Å². The summed E-state index contributed by atoms with van der Waals surface area (Å²) in [4.78, 5) is 3.24. The van der Waals surface area contributed by atoms with E-state index in [-0.39, 0.29) is 0 Å². The van der Waals surface area contributed by atoms with E-state index in [0.29, 0.717) is 5.92 Å². The second-order valence-electron chi connectivity index (χ2n) is 5.75. The van der Waals surface area contributed by atoms with Crippen LogP contribution >= 0.6 is 27.3 Å². The molecule has 0 aliphatic carbocycles. The molecule has 0 atom stereocenters. The molecule has 114 valence electrons. The first-order valence-electron chi connectivity index (χ1n) is 7.37. The Hall–Kier alpha value is -1.31. The topological polar surface area (TPSA) is 46.3 Å². The van der Waals surface area contributed by atoms with E-state index >= 15 is 0 Å². The van der Waals surface area contributed by atoms with Crippen LogP contribution in [0.3, 0.4) is 0 Å². The van der Waals surface area contributed by atoms with E-state index in [2.05, 4.69) is 50.2 Å². The minimum Gasteiger partial charge on any atom is -0.306 e. The van der Waals surface area contributed by atoms with E-state index in [1.54, 1.807) is 11.3 Å².